The highest BCUT2D eigenvalue weighted by molar-refractivity contribution is 9.10. The summed E-state index contributed by atoms with van der Waals surface area (Å²) in [5.74, 6) is 0. The monoisotopic (exact) mass is 364 g/mol. The van der Waals surface area contributed by atoms with Crippen LogP contribution in [0.25, 0.3) is 0 Å². The number of nitrogens with one attached hydrogen (secondary N) is 2. The molecule has 0 bridgehead atoms. The average Bonchev–Trinajstić information content (AvgIpc) is 2.37. The smallest absolute Gasteiger partial charge is 0.316 e. The van der Waals surface area contributed by atoms with Gasteiger partial charge in [-0.05, 0) is 18.2 Å². The van der Waals surface area contributed by atoms with E-state index in [2.05, 4.69) is 26.0 Å². The van der Waals surface area contributed by atoms with Gasteiger partial charge in [0.25, 0.3) is 0 Å². The van der Waals surface area contributed by atoms with Crippen LogP contribution in [0.4, 0.5) is 10.5 Å². The van der Waals surface area contributed by atoms with Crippen LogP contribution in [0.2, 0.25) is 0 Å². The van der Waals surface area contributed by atoms with Crippen LogP contribution >= 0.6 is 15.9 Å². The number of benzene rings is 1. The lowest BCUT2D eigenvalue weighted by molar-refractivity contribution is 0.217. The molecule has 0 saturated heterocycles. The van der Waals surface area contributed by atoms with Crippen LogP contribution in [0, 0.1) is 0 Å². The Bertz CT molecular complexity index is 589. The molecule has 0 aromatic heterocycles. The quantitative estimate of drug-likeness (QED) is 0.524. The summed E-state index contributed by atoms with van der Waals surface area (Å²) in [6.45, 7) is 0.262. The van der Waals surface area contributed by atoms with Crippen LogP contribution < -0.4 is 15.8 Å². The standard InChI is InChI=1S/C11H17BrN4O3S/c1-16(2)11(17)14-5-6-15-20(18,19)10-7-8(12)3-4-9(10)13/h3-4,7,15H,5-6,13H2,1-2H3,(H,14,17). The van der Waals surface area contributed by atoms with E-state index in [1.807, 2.05) is 0 Å². The molecule has 0 aliphatic heterocycles. The van der Waals surface area contributed by atoms with E-state index in [0.717, 1.165) is 0 Å². The molecule has 0 aliphatic carbocycles. The number of rotatable bonds is 5. The Kier molecular flexibility index (Phi) is 5.78. The van der Waals surface area contributed by atoms with Crippen molar-refractivity contribution in [3.63, 3.8) is 0 Å². The van der Waals surface area contributed by atoms with Crippen LogP contribution in [0.1, 0.15) is 0 Å². The Hall–Kier alpha value is -1.32. The first-order chi connectivity index (χ1) is 9.24. The number of urea groups is 1. The van der Waals surface area contributed by atoms with Gasteiger partial charge in [-0.1, -0.05) is 15.9 Å². The van der Waals surface area contributed by atoms with Crippen molar-refractivity contribution in [1.82, 2.24) is 14.9 Å². The van der Waals surface area contributed by atoms with Crippen LogP contribution in [-0.4, -0.2) is 46.5 Å². The molecule has 0 aliphatic rings. The number of anilines is 1. The highest BCUT2D eigenvalue weighted by Crippen LogP contribution is 2.22. The first kappa shape index (κ1) is 16.7. The van der Waals surface area contributed by atoms with E-state index in [4.69, 9.17) is 5.73 Å². The molecule has 1 aromatic rings. The molecule has 0 unspecified atom stereocenters. The third-order valence-corrected chi connectivity index (χ3v) is 4.37. The number of nitrogens with zero attached hydrogens (tertiary/aromatic N) is 1. The normalized spacial score (nSPS) is 11.2. The van der Waals surface area contributed by atoms with Crippen molar-refractivity contribution in [3.8, 4) is 0 Å². The third kappa shape index (κ3) is 4.66. The minimum Gasteiger partial charge on any atom is -0.398 e. The molecule has 0 spiro atoms. The fourth-order valence-electron chi connectivity index (χ4n) is 1.33. The highest BCUT2D eigenvalue weighted by Gasteiger charge is 2.17. The number of hydrogen-bond donors (Lipinski definition) is 3. The zero-order valence-electron chi connectivity index (χ0n) is 11.2. The summed E-state index contributed by atoms with van der Waals surface area (Å²) in [6.07, 6.45) is 0. The van der Waals surface area contributed by atoms with E-state index >= 15 is 0 Å². The second-order valence-electron chi connectivity index (χ2n) is 4.21. The summed E-state index contributed by atoms with van der Waals surface area (Å²) in [6, 6.07) is 4.31. The van der Waals surface area contributed by atoms with Gasteiger partial charge in [0.15, 0.2) is 0 Å². The molecule has 4 N–H and O–H groups in total. The van der Waals surface area contributed by atoms with Gasteiger partial charge in [0.05, 0.1) is 5.69 Å². The van der Waals surface area contributed by atoms with Crippen molar-refractivity contribution >= 4 is 37.7 Å². The van der Waals surface area contributed by atoms with Crippen molar-refractivity contribution in [3.05, 3.63) is 22.7 Å². The van der Waals surface area contributed by atoms with Crippen molar-refractivity contribution in [2.24, 2.45) is 0 Å². The summed E-state index contributed by atoms with van der Waals surface area (Å²) in [5, 5.41) is 2.55. The molecule has 2 amide bonds. The summed E-state index contributed by atoms with van der Waals surface area (Å²) in [7, 11) is -0.504. The lowest BCUT2D eigenvalue weighted by Crippen LogP contribution is -2.39. The maximum absolute atomic E-state index is 12.0. The highest BCUT2D eigenvalue weighted by atomic mass is 79.9. The Labute approximate surface area is 126 Å². The first-order valence-corrected chi connectivity index (χ1v) is 8.01. The minimum absolute atomic E-state index is 0.00538. The summed E-state index contributed by atoms with van der Waals surface area (Å²) in [5.41, 5.74) is 5.82. The molecule has 7 nitrogen and oxygen atoms in total. The van der Waals surface area contributed by atoms with Gasteiger partial charge in [-0.2, -0.15) is 0 Å². The second kappa shape index (κ2) is 6.91. The summed E-state index contributed by atoms with van der Waals surface area (Å²) < 4.78 is 27.1. The molecule has 0 saturated carbocycles. The number of sulfonamides is 1. The predicted molar refractivity (Wildman–Crippen MR) is 80.8 cm³/mol. The Morgan fingerprint density at radius 1 is 1.35 bits per heavy atom. The Morgan fingerprint density at radius 2 is 2.00 bits per heavy atom. The molecular weight excluding hydrogens is 348 g/mol. The molecule has 20 heavy (non-hydrogen) atoms. The average molecular weight is 365 g/mol. The van der Waals surface area contributed by atoms with Gasteiger partial charge in [0, 0.05) is 31.7 Å². The maximum atomic E-state index is 12.0. The van der Waals surface area contributed by atoms with Crippen LogP contribution in [0.5, 0.6) is 0 Å². The van der Waals surface area contributed by atoms with Crippen LogP contribution in [0.3, 0.4) is 0 Å². The number of halogens is 1. The molecule has 1 aromatic carbocycles. The summed E-state index contributed by atoms with van der Waals surface area (Å²) >= 11 is 3.20. The van der Waals surface area contributed by atoms with E-state index in [-0.39, 0.29) is 29.7 Å². The maximum Gasteiger partial charge on any atom is 0.316 e. The molecule has 0 heterocycles. The number of amides is 2. The number of carbonyl (C=O) groups excluding carboxylic acids is 1. The molecule has 0 radical (unpaired) electrons. The number of carbonyl (C=O) groups is 1. The van der Waals surface area contributed by atoms with Crippen LogP contribution in [-0.2, 0) is 10.0 Å². The number of nitrogens with two attached hydrogens (primary N) is 1. The lowest BCUT2D eigenvalue weighted by Gasteiger charge is -2.13. The zero-order valence-corrected chi connectivity index (χ0v) is 13.6. The largest absolute Gasteiger partial charge is 0.398 e. The SMILES string of the molecule is CN(C)C(=O)NCCNS(=O)(=O)c1cc(Br)ccc1N. The molecule has 9 heteroatoms. The third-order valence-electron chi connectivity index (χ3n) is 2.36. The van der Waals surface area contributed by atoms with Gasteiger partial charge in [-0.3, -0.25) is 0 Å². The molecule has 0 fully saturated rings. The van der Waals surface area contributed by atoms with Crippen molar-refractivity contribution in [2.45, 2.75) is 4.90 Å². The molecule has 1 rings (SSSR count). The van der Waals surface area contributed by atoms with Gasteiger partial charge in [0.1, 0.15) is 4.90 Å². The lowest BCUT2D eigenvalue weighted by atomic mass is 10.3. The van der Waals surface area contributed by atoms with E-state index < -0.39 is 10.0 Å². The second-order valence-corrected chi connectivity index (χ2v) is 6.86. The van der Waals surface area contributed by atoms with E-state index in [0.29, 0.717) is 4.47 Å². The topological polar surface area (TPSA) is 105 Å². The van der Waals surface area contributed by atoms with Gasteiger partial charge in [-0.25, -0.2) is 17.9 Å². The zero-order chi connectivity index (χ0) is 15.3. The van der Waals surface area contributed by atoms with E-state index in [1.54, 1.807) is 20.2 Å². The number of hydrogen-bond acceptors (Lipinski definition) is 4. The van der Waals surface area contributed by atoms with E-state index in [9.17, 15) is 13.2 Å². The van der Waals surface area contributed by atoms with Crippen LogP contribution in [0.15, 0.2) is 27.6 Å². The first-order valence-electron chi connectivity index (χ1n) is 5.74. The van der Waals surface area contributed by atoms with Gasteiger partial charge < -0.3 is 16.0 Å². The predicted octanol–water partition coefficient (Wildman–Crippen LogP) is 0.581. The van der Waals surface area contributed by atoms with E-state index in [1.165, 1.54) is 17.0 Å². The molecule has 0 atom stereocenters. The van der Waals surface area contributed by atoms with Crippen molar-refractivity contribution < 1.29 is 13.2 Å². The molecule has 112 valence electrons. The van der Waals surface area contributed by atoms with Crippen molar-refractivity contribution in [1.29, 1.82) is 0 Å². The Balaban J connectivity index is 2.63. The van der Waals surface area contributed by atoms with Gasteiger partial charge in [0.2, 0.25) is 10.0 Å². The van der Waals surface area contributed by atoms with Gasteiger partial charge in [-0.15, -0.1) is 0 Å². The summed E-state index contributed by atoms with van der Waals surface area (Å²) in [4.78, 5) is 12.6. The minimum atomic E-state index is -3.70. The van der Waals surface area contributed by atoms with Crippen molar-refractivity contribution in [2.75, 3.05) is 32.9 Å². The van der Waals surface area contributed by atoms with Gasteiger partial charge >= 0.3 is 6.03 Å². The Morgan fingerprint density at radius 3 is 2.60 bits per heavy atom. The fourth-order valence-corrected chi connectivity index (χ4v) is 3.03. The fraction of sp³-hybridized carbons (Fsp3) is 0.364. The number of nitrogen functional groups attached to an aromatic ring is 1. The molecular formula is C11H17BrN4O3S.